The molecule has 3 rings (SSSR count). The first-order valence-electron chi connectivity index (χ1n) is 8.13. The fourth-order valence-corrected chi connectivity index (χ4v) is 2.63. The predicted molar refractivity (Wildman–Crippen MR) is 92.1 cm³/mol. The first-order valence-corrected chi connectivity index (χ1v) is 8.13. The van der Waals surface area contributed by atoms with E-state index in [1.807, 2.05) is 0 Å². The van der Waals surface area contributed by atoms with Gasteiger partial charge in [0, 0.05) is 24.7 Å². The molecule has 0 radical (unpaired) electrons. The van der Waals surface area contributed by atoms with E-state index in [1.54, 1.807) is 0 Å². The third-order valence-corrected chi connectivity index (χ3v) is 3.92. The first-order chi connectivity index (χ1) is 12.1. The molecule has 0 unspecified atom stereocenters. The zero-order valence-electron chi connectivity index (χ0n) is 13.6. The molecule has 1 aliphatic rings. The zero-order valence-corrected chi connectivity index (χ0v) is 13.6. The molecule has 2 heterocycles. The number of aromatic nitrogens is 2. The number of hydrogen-bond donors (Lipinski definition) is 1. The Balaban J connectivity index is 1.60. The van der Waals surface area contributed by atoms with E-state index in [9.17, 15) is 13.6 Å². The van der Waals surface area contributed by atoms with E-state index in [0.29, 0.717) is 11.6 Å². The summed E-state index contributed by atoms with van der Waals surface area (Å²) in [4.78, 5) is 22.5. The quantitative estimate of drug-likeness (QED) is 0.864. The summed E-state index contributed by atoms with van der Waals surface area (Å²) in [6, 6.07) is 3.06. The maximum atomic E-state index is 13.5. The summed E-state index contributed by atoms with van der Waals surface area (Å²) in [7, 11) is 0. The van der Waals surface area contributed by atoms with Crippen LogP contribution in [0.4, 0.5) is 20.4 Å². The van der Waals surface area contributed by atoms with Crippen molar-refractivity contribution in [3.8, 4) is 0 Å². The molecule has 0 atom stereocenters. The highest BCUT2D eigenvalue weighted by Gasteiger charge is 2.13. The molecule has 1 aliphatic heterocycles. The molecule has 25 heavy (non-hydrogen) atoms. The van der Waals surface area contributed by atoms with Gasteiger partial charge in [0.05, 0.1) is 18.1 Å². The smallest absolute Gasteiger partial charge is 0.248 e. The molecule has 1 amide bonds. The topological polar surface area (TPSA) is 58.1 Å². The van der Waals surface area contributed by atoms with Gasteiger partial charge < -0.3 is 10.2 Å². The number of nitrogens with one attached hydrogen (secondary N) is 1. The minimum Gasteiger partial charge on any atom is -0.341 e. The van der Waals surface area contributed by atoms with Gasteiger partial charge in [0.15, 0.2) is 0 Å². The lowest BCUT2D eigenvalue weighted by Crippen LogP contribution is -2.30. The second-order valence-corrected chi connectivity index (χ2v) is 5.81. The summed E-state index contributed by atoms with van der Waals surface area (Å²) >= 11 is 0. The summed E-state index contributed by atoms with van der Waals surface area (Å²) in [5, 5.41) is 2.59. The lowest BCUT2D eigenvalue weighted by atomic mass is 10.1. The SMILES string of the molecule is O=C(/C=C/c1cc(F)ccc1F)Nc1cnc(N2CCCCC2)nc1. The normalized spacial score (nSPS) is 14.7. The molecule has 1 aromatic carbocycles. The van der Waals surface area contributed by atoms with Crippen molar-refractivity contribution in [2.75, 3.05) is 23.3 Å². The van der Waals surface area contributed by atoms with Gasteiger partial charge in [-0.2, -0.15) is 0 Å². The van der Waals surface area contributed by atoms with Crippen LogP contribution in [0.25, 0.3) is 6.08 Å². The number of halogens is 2. The number of hydrogen-bond acceptors (Lipinski definition) is 4. The molecule has 0 saturated carbocycles. The number of carbonyl (C=O) groups excluding carboxylic acids is 1. The third kappa shape index (κ3) is 4.59. The molecule has 130 valence electrons. The van der Waals surface area contributed by atoms with E-state index in [2.05, 4.69) is 20.2 Å². The van der Waals surface area contributed by atoms with Crippen LogP contribution in [0.2, 0.25) is 0 Å². The lowest BCUT2D eigenvalue weighted by Gasteiger charge is -2.26. The van der Waals surface area contributed by atoms with Gasteiger partial charge in [-0.25, -0.2) is 18.7 Å². The zero-order chi connectivity index (χ0) is 17.6. The molecule has 0 aliphatic carbocycles. The lowest BCUT2D eigenvalue weighted by molar-refractivity contribution is -0.111. The van der Waals surface area contributed by atoms with Crippen molar-refractivity contribution in [1.29, 1.82) is 0 Å². The van der Waals surface area contributed by atoms with Crippen molar-refractivity contribution in [3.05, 3.63) is 53.9 Å². The molecule has 0 spiro atoms. The van der Waals surface area contributed by atoms with Gasteiger partial charge >= 0.3 is 0 Å². The summed E-state index contributed by atoms with van der Waals surface area (Å²) in [5.74, 6) is -0.990. The molecule has 1 fully saturated rings. The second-order valence-electron chi connectivity index (χ2n) is 5.81. The van der Waals surface area contributed by atoms with E-state index in [0.717, 1.165) is 50.2 Å². The Labute approximate surface area is 144 Å². The van der Waals surface area contributed by atoms with Crippen LogP contribution in [-0.2, 0) is 4.79 Å². The molecule has 1 N–H and O–H groups in total. The number of piperidine rings is 1. The van der Waals surface area contributed by atoms with E-state index in [-0.39, 0.29) is 5.56 Å². The Kier molecular flexibility index (Phi) is 5.33. The number of rotatable bonds is 4. The van der Waals surface area contributed by atoms with Gasteiger partial charge in [0.1, 0.15) is 11.6 Å². The van der Waals surface area contributed by atoms with E-state index < -0.39 is 17.5 Å². The van der Waals surface area contributed by atoms with Gasteiger partial charge in [0.2, 0.25) is 11.9 Å². The van der Waals surface area contributed by atoms with Gasteiger partial charge in [0.25, 0.3) is 0 Å². The minimum absolute atomic E-state index is 0.00634. The van der Waals surface area contributed by atoms with Crippen LogP contribution in [0.15, 0.2) is 36.7 Å². The van der Waals surface area contributed by atoms with Crippen LogP contribution in [0.3, 0.4) is 0 Å². The number of benzene rings is 1. The van der Waals surface area contributed by atoms with Crippen molar-refractivity contribution in [2.45, 2.75) is 19.3 Å². The molecular formula is C18H18F2N4O. The van der Waals surface area contributed by atoms with E-state index in [1.165, 1.54) is 24.9 Å². The number of amides is 1. The minimum atomic E-state index is -0.598. The Hall–Kier alpha value is -2.83. The van der Waals surface area contributed by atoms with Gasteiger partial charge in [-0.1, -0.05) is 0 Å². The Morgan fingerprint density at radius 3 is 2.56 bits per heavy atom. The fraction of sp³-hybridized carbons (Fsp3) is 0.278. The Bertz CT molecular complexity index is 771. The van der Waals surface area contributed by atoms with Crippen LogP contribution in [-0.4, -0.2) is 29.0 Å². The van der Waals surface area contributed by atoms with Crippen molar-refractivity contribution in [3.63, 3.8) is 0 Å². The summed E-state index contributed by atoms with van der Waals surface area (Å²) in [6.07, 6.45) is 8.90. The summed E-state index contributed by atoms with van der Waals surface area (Å²) in [5.41, 5.74) is 0.446. The van der Waals surface area contributed by atoms with E-state index in [4.69, 9.17) is 0 Å². The molecule has 7 heteroatoms. The van der Waals surface area contributed by atoms with E-state index >= 15 is 0 Å². The average molecular weight is 344 g/mol. The van der Waals surface area contributed by atoms with Gasteiger partial charge in [-0.15, -0.1) is 0 Å². The molecule has 1 aromatic heterocycles. The number of anilines is 2. The molecule has 5 nitrogen and oxygen atoms in total. The van der Waals surface area contributed by atoms with Gasteiger partial charge in [-0.05, 0) is 43.5 Å². The predicted octanol–water partition coefficient (Wildman–Crippen LogP) is 3.40. The molecule has 0 bridgehead atoms. The molecule has 2 aromatic rings. The van der Waals surface area contributed by atoms with Crippen LogP contribution < -0.4 is 10.2 Å². The largest absolute Gasteiger partial charge is 0.341 e. The Morgan fingerprint density at radius 2 is 1.84 bits per heavy atom. The summed E-state index contributed by atoms with van der Waals surface area (Å²) < 4.78 is 26.6. The van der Waals surface area contributed by atoms with Crippen LogP contribution in [0, 0.1) is 11.6 Å². The standard InChI is InChI=1S/C18H18F2N4O/c19-14-5-6-16(20)13(10-14)4-7-17(25)23-15-11-21-18(22-12-15)24-8-2-1-3-9-24/h4-7,10-12H,1-3,8-9H2,(H,23,25)/b7-4+. The molecular weight excluding hydrogens is 326 g/mol. The van der Waals surface area contributed by atoms with Crippen LogP contribution in [0.5, 0.6) is 0 Å². The highest BCUT2D eigenvalue weighted by atomic mass is 19.1. The maximum Gasteiger partial charge on any atom is 0.248 e. The third-order valence-electron chi connectivity index (χ3n) is 3.92. The summed E-state index contributed by atoms with van der Waals surface area (Å²) in [6.45, 7) is 1.88. The first kappa shape index (κ1) is 17.0. The fourth-order valence-electron chi connectivity index (χ4n) is 2.63. The second kappa shape index (κ2) is 7.83. The van der Waals surface area contributed by atoms with Gasteiger partial charge in [-0.3, -0.25) is 4.79 Å². The maximum absolute atomic E-state index is 13.5. The van der Waals surface area contributed by atoms with Crippen LogP contribution >= 0.6 is 0 Å². The van der Waals surface area contributed by atoms with Crippen molar-refractivity contribution in [1.82, 2.24) is 9.97 Å². The highest BCUT2D eigenvalue weighted by molar-refractivity contribution is 6.01. The average Bonchev–Trinajstić information content (AvgIpc) is 2.64. The number of nitrogens with zero attached hydrogens (tertiary/aromatic N) is 3. The van der Waals surface area contributed by atoms with Crippen LogP contribution in [0.1, 0.15) is 24.8 Å². The van der Waals surface area contributed by atoms with Crippen molar-refractivity contribution in [2.24, 2.45) is 0 Å². The highest BCUT2D eigenvalue weighted by Crippen LogP contribution is 2.16. The van der Waals surface area contributed by atoms with Crippen molar-refractivity contribution < 1.29 is 13.6 Å². The monoisotopic (exact) mass is 344 g/mol. The molecule has 1 saturated heterocycles. The Morgan fingerprint density at radius 1 is 1.12 bits per heavy atom. The number of carbonyl (C=O) groups is 1. The van der Waals surface area contributed by atoms with Crippen molar-refractivity contribution >= 4 is 23.6 Å².